The quantitative estimate of drug-likeness (QED) is 0.118. The molecule has 75 heavy (non-hydrogen) atoms. The molecule has 0 radical (unpaired) electrons. The second-order valence-electron chi connectivity index (χ2n) is 19.4. The number of rotatable bonds is 7. The average Bonchev–Trinajstić information content (AvgIpc) is 4.07. The SMILES string of the molecule is c1ccc([Si](c2ccccc2)(c2ccccc2)c2cccc3c4ccccc4n(-c4nc(-c5ccc6c(c5)-c5ccccc5-c5ccccc5-c5ccccc5-6)nc(-n5c6ccccc6c6ccccc65)n4)c23)cc1. The molecule has 3 aromatic heterocycles. The molecule has 0 saturated heterocycles. The first-order valence-corrected chi connectivity index (χ1v) is 27.6. The fraction of sp³-hybridized carbons (Fsp3) is 0. The van der Waals surface area contributed by atoms with E-state index in [1.165, 1.54) is 48.6 Å². The van der Waals surface area contributed by atoms with Gasteiger partial charge in [0, 0.05) is 27.1 Å². The zero-order valence-electron chi connectivity index (χ0n) is 40.7. The van der Waals surface area contributed by atoms with Gasteiger partial charge < -0.3 is 0 Å². The Hall–Kier alpha value is -9.75. The lowest BCUT2D eigenvalue weighted by Crippen LogP contribution is -2.75. The van der Waals surface area contributed by atoms with Gasteiger partial charge in [-0.1, -0.05) is 249 Å². The highest BCUT2D eigenvalue weighted by molar-refractivity contribution is 7.20. The summed E-state index contributed by atoms with van der Waals surface area (Å²) in [5.41, 5.74) is 14.5. The summed E-state index contributed by atoms with van der Waals surface area (Å²) in [6, 6.07) is 99.4. The van der Waals surface area contributed by atoms with E-state index >= 15 is 0 Å². The molecule has 3 heterocycles. The first-order valence-electron chi connectivity index (χ1n) is 25.6. The molecule has 0 bridgehead atoms. The number of hydrogen-bond acceptors (Lipinski definition) is 3. The topological polar surface area (TPSA) is 48.5 Å². The van der Waals surface area contributed by atoms with Crippen molar-refractivity contribution in [3.63, 3.8) is 0 Å². The van der Waals surface area contributed by atoms with Crippen LogP contribution >= 0.6 is 0 Å². The molecule has 350 valence electrons. The molecule has 15 rings (SSSR count). The van der Waals surface area contributed by atoms with Crippen LogP contribution in [0, 0.1) is 0 Å². The zero-order valence-corrected chi connectivity index (χ0v) is 41.7. The number of fused-ring (bicyclic) bond motifs is 14. The first-order chi connectivity index (χ1) is 37.2. The van der Waals surface area contributed by atoms with Gasteiger partial charge in [0.2, 0.25) is 11.9 Å². The van der Waals surface area contributed by atoms with Gasteiger partial charge in [-0.15, -0.1) is 0 Å². The van der Waals surface area contributed by atoms with E-state index in [0.29, 0.717) is 17.7 Å². The van der Waals surface area contributed by atoms with Crippen molar-refractivity contribution in [1.82, 2.24) is 24.1 Å². The molecular weight excluding hydrogens is 927 g/mol. The van der Waals surface area contributed by atoms with Crippen molar-refractivity contribution in [3.8, 4) is 67.8 Å². The van der Waals surface area contributed by atoms with Crippen LogP contribution in [0.15, 0.2) is 273 Å². The van der Waals surface area contributed by atoms with E-state index in [9.17, 15) is 0 Å². The van der Waals surface area contributed by atoms with Crippen LogP contribution in [-0.2, 0) is 0 Å². The van der Waals surface area contributed by atoms with E-state index in [0.717, 1.165) is 65.9 Å². The maximum Gasteiger partial charge on any atom is 0.240 e. The van der Waals surface area contributed by atoms with Crippen LogP contribution in [0.4, 0.5) is 0 Å². The molecule has 1 aliphatic carbocycles. The van der Waals surface area contributed by atoms with E-state index in [-0.39, 0.29) is 0 Å². The molecule has 0 aliphatic heterocycles. The monoisotopic (exact) mass is 971 g/mol. The minimum atomic E-state index is -3.12. The molecule has 0 saturated carbocycles. The van der Waals surface area contributed by atoms with E-state index < -0.39 is 8.07 Å². The summed E-state index contributed by atoms with van der Waals surface area (Å²) in [7, 11) is -3.12. The van der Waals surface area contributed by atoms with Gasteiger partial charge >= 0.3 is 0 Å². The second-order valence-corrected chi connectivity index (χ2v) is 23.2. The van der Waals surface area contributed by atoms with E-state index in [1.54, 1.807) is 0 Å². The third-order valence-corrected chi connectivity index (χ3v) is 20.3. The van der Waals surface area contributed by atoms with Crippen LogP contribution in [0.5, 0.6) is 0 Å². The molecule has 14 aromatic rings. The molecule has 0 amide bonds. The van der Waals surface area contributed by atoms with Crippen LogP contribution in [0.25, 0.3) is 111 Å². The number of para-hydroxylation sites is 4. The summed E-state index contributed by atoms with van der Waals surface area (Å²) < 4.78 is 4.57. The smallest absolute Gasteiger partial charge is 0.240 e. The molecule has 6 heteroatoms. The van der Waals surface area contributed by atoms with E-state index in [4.69, 9.17) is 15.0 Å². The van der Waals surface area contributed by atoms with Crippen molar-refractivity contribution in [2.45, 2.75) is 0 Å². The van der Waals surface area contributed by atoms with Crippen LogP contribution < -0.4 is 20.7 Å². The van der Waals surface area contributed by atoms with Crippen molar-refractivity contribution >= 4 is 72.4 Å². The van der Waals surface area contributed by atoms with Crippen LogP contribution in [-0.4, -0.2) is 32.2 Å². The highest BCUT2D eigenvalue weighted by Crippen LogP contribution is 2.48. The number of nitrogens with zero attached hydrogens (tertiary/aromatic N) is 5. The predicted molar refractivity (Wildman–Crippen MR) is 313 cm³/mol. The summed E-state index contributed by atoms with van der Waals surface area (Å²) >= 11 is 0. The number of aromatic nitrogens is 5. The van der Waals surface area contributed by atoms with Gasteiger partial charge in [-0.05, 0) is 89.5 Å². The summed E-state index contributed by atoms with van der Waals surface area (Å²) in [4.78, 5) is 17.0. The van der Waals surface area contributed by atoms with Crippen LogP contribution in [0.3, 0.4) is 0 Å². The summed E-state index contributed by atoms with van der Waals surface area (Å²) in [6.45, 7) is 0. The third kappa shape index (κ3) is 6.53. The fourth-order valence-electron chi connectivity index (χ4n) is 12.4. The lowest BCUT2D eigenvalue weighted by atomic mass is 9.80. The second kappa shape index (κ2) is 17.2. The molecular formula is C69H45N5Si. The van der Waals surface area contributed by atoms with Gasteiger partial charge in [0.05, 0.1) is 22.1 Å². The van der Waals surface area contributed by atoms with E-state index in [1.807, 2.05) is 0 Å². The van der Waals surface area contributed by atoms with E-state index in [2.05, 4.69) is 282 Å². The molecule has 5 nitrogen and oxygen atoms in total. The van der Waals surface area contributed by atoms with Gasteiger partial charge in [-0.25, -0.2) is 0 Å². The highest BCUT2D eigenvalue weighted by atomic mass is 28.3. The number of benzene rings is 11. The van der Waals surface area contributed by atoms with Gasteiger partial charge in [-0.3, -0.25) is 9.13 Å². The maximum atomic E-state index is 5.73. The Bertz CT molecular complexity index is 4380. The van der Waals surface area contributed by atoms with Gasteiger partial charge in [-0.2, -0.15) is 15.0 Å². The van der Waals surface area contributed by atoms with Crippen molar-refractivity contribution in [2.24, 2.45) is 0 Å². The fourth-order valence-corrected chi connectivity index (χ4v) is 17.3. The lowest BCUT2D eigenvalue weighted by Gasteiger charge is -2.35. The standard InChI is InChI=1S/C69H45N5Si/c1-4-23-47(24-5-1)75(48-25-6-2-7-26-48,49-27-8-3-9-28-49)65-42-22-38-60-59-37-18-21-41-64(59)74(66(60)65)69-71-67(70-68(72-69)73-62-39-19-16-35-57(62)58-36-17-20-40-63(58)73)46-43-44-56-54-33-13-12-31-52(54)50-29-10-11-30-51(50)53-32-14-15-34-55(53)61(56)45-46/h1-45H. The van der Waals surface area contributed by atoms with Crippen LogP contribution in [0.1, 0.15) is 0 Å². The number of hydrogen-bond donors (Lipinski definition) is 0. The normalized spacial score (nSPS) is 12.0. The first kappa shape index (κ1) is 42.9. The van der Waals surface area contributed by atoms with Gasteiger partial charge in [0.1, 0.15) is 0 Å². The zero-order chi connectivity index (χ0) is 49.5. The molecule has 0 N–H and O–H groups in total. The lowest BCUT2D eigenvalue weighted by molar-refractivity contribution is 0.893. The Kier molecular flexibility index (Phi) is 9.83. The summed E-state index contributed by atoms with van der Waals surface area (Å²) in [5.74, 6) is 1.66. The Balaban J connectivity index is 1.07. The summed E-state index contributed by atoms with van der Waals surface area (Å²) in [6.07, 6.45) is 0. The van der Waals surface area contributed by atoms with Crippen molar-refractivity contribution < 1.29 is 0 Å². The van der Waals surface area contributed by atoms with Crippen molar-refractivity contribution in [3.05, 3.63) is 273 Å². The predicted octanol–water partition coefficient (Wildman–Crippen LogP) is 14.1. The Morgan fingerprint density at radius 3 is 1.11 bits per heavy atom. The Morgan fingerprint density at radius 1 is 0.267 bits per heavy atom. The van der Waals surface area contributed by atoms with Crippen molar-refractivity contribution in [1.29, 1.82) is 0 Å². The minimum Gasteiger partial charge on any atom is -0.278 e. The van der Waals surface area contributed by atoms with Crippen molar-refractivity contribution in [2.75, 3.05) is 0 Å². The molecule has 1 aliphatic rings. The molecule has 0 spiro atoms. The minimum absolute atomic E-state index is 0.541. The summed E-state index contributed by atoms with van der Waals surface area (Å²) in [5, 5.41) is 9.66. The maximum absolute atomic E-state index is 5.73. The Labute approximate surface area is 435 Å². The van der Waals surface area contributed by atoms with Gasteiger partial charge in [0.15, 0.2) is 13.9 Å². The molecule has 0 atom stereocenters. The molecule has 11 aromatic carbocycles. The average molecular weight is 972 g/mol. The van der Waals surface area contributed by atoms with Gasteiger partial charge in [0.25, 0.3) is 0 Å². The molecule has 0 unspecified atom stereocenters. The third-order valence-electron chi connectivity index (χ3n) is 15.5. The van der Waals surface area contributed by atoms with Crippen LogP contribution in [0.2, 0.25) is 0 Å². The molecule has 0 fully saturated rings. The highest BCUT2D eigenvalue weighted by Gasteiger charge is 2.43. The largest absolute Gasteiger partial charge is 0.278 e. The Morgan fingerprint density at radius 2 is 0.627 bits per heavy atom.